The van der Waals surface area contributed by atoms with Crippen molar-refractivity contribution in [2.45, 2.75) is 43.7 Å². The van der Waals surface area contributed by atoms with Gasteiger partial charge in [-0.1, -0.05) is 110 Å². The second kappa shape index (κ2) is 13.0. The van der Waals surface area contributed by atoms with Crippen molar-refractivity contribution in [3.05, 3.63) is 91.0 Å². The third-order valence-electron chi connectivity index (χ3n) is 5.94. The lowest BCUT2D eigenvalue weighted by Gasteiger charge is -2.13. The van der Waals surface area contributed by atoms with Gasteiger partial charge in [-0.3, -0.25) is 9.36 Å². The van der Waals surface area contributed by atoms with E-state index in [0.29, 0.717) is 6.42 Å². The van der Waals surface area contributed by atoms with E-state index in [2.05, 4.69) is 83.4 Å². The fourth-order valence-electron chi connectivity index (χ4n) is 4.14. The number of esters is 1. The number of para-hydroxylation sites is 1. The van der Waals surface area contributed by atoms with Crippen LogP contribution in [-0.2, 0) is 9.53 Å². The zero-order valence-corrected chi connectivity index (χ0v) is 21.0. The molecule has 0 aliphatic carbocycles. The summed E-state index contributed by atoms with van der Waals surface area (Å²) in [5.74, 6) is 0.889. The SMILES string of the molecule is COC(=O)CCCCCCCSc1nc(-c2ccccc2)c(-c2ccccc2)n1-c1ccccc1. The number of aromatic nitrogens is 2. The van der Waals surface area contributed by atoms with Gasteiger partial charge in [0.2, 0.25) is 0 Å². The van der Waals surface area contributed by atoms with E-state index in [1.54, 1.807) is 0 Å². The van der Waals surface area contributed by atoms with Gasteiger partial charge in [0, 0.05) is 29.0 Å². The van der Waals surface area contributed by atoms with Crippen LogP contribution in [0.25, 0.3) is 28.2 Å². The molecule has 4 nitrogen and oxygen atoms in total. The van der Waals surface area contributed by atoms with Crippen LogP contribution in [0.15, 0.2) is 96.2 Å². The molecule has 0 unspecified atom stereocenters. The molecule has 0 saturated carbocycles. The highest BCUT2D eigenvalue weighted by molar-refractivity contribution is 7.99. The van der Waals surface area contributed by atoms with Crippen LogP contribution in [0, 0.1) is 0 Å². The third kappa shape index (κ3) is 6.64. The summed E-state index contributed by atoms with van der Waals surface area (Å²) in [4.78, 5) is 16.4. The number of imidazole rings is 1. The molecule has 0 atom stereocenters. The predicted octanol–water partition coefficient (Wildman–Crippen LogP) is 7.81. The number of hydrogen-bond acceptors (Lipinski definition) is 4. The lowest BCUT2D eigenvalue weighted by atomic mass is 10.0. The van der Waals surface area contributed by atoms with E-state index in [-0.39, 0.29) is 5.97 Å². The predicted molar refractivity (Wildman–Crippen MR) is 145 cm³/mol. The van der Waals surface area contributed by atoms with Gasteiger partial charge in [-0.15, -0.1) is 0 Å². The Labute approximate surface area is 212 Å². The molecule has 4 rings (SSSR count). The first kappa shape index (κ1) is 24.8. The highest BCUT2D eigenvalue weighted by Gasteiger charge is 2.21. The number of thioether (sulfide) groups is 1. The fourth-order valence-corrected chi connectivity index (χ4v) is 5.15. The Morgan fingerprint density at radius 2 is 1.34 bits per heavy atom. The minimum atomic E-state index is -0.114. The lowest BCUT2D eigenvalue weighted by Crippen LogP contribution is -2.00. The van der Waals surface area contributed by atoms with Crippen LogP contribution in [0.1, 0.15) is 38.5 Å². The minimum Gasteiger partial charge on any atom is -0.469 e. The third-order valence-corrected chi connectivity index (χ3v) is 6.96. The zero-order chi connectivity index (χ0) is 24.3. The Kier molecular flexibility index (Phi) is 9.18. The molecule has 0 amide bonds. The number of hydrogen-bond donors (Lipinski definition) is 0. The fraction of sp³-hybridized carbons (Fsp3) is 0.267. The molecule has 3 aromatic carbocycles. The Morgan fingerprint density at radius 1 is 0.771 bits per heavy atom. The summed E-state index contributed by atoms with van der Waals surface area (Å²) in [6.07, 6.45) is 5.89. The lowest BCUT2D eigenvalue weighted by molar-refractivity contribution is -0.140. The van der Waals surface area contributed by atoms with E-state index >= 15 is 0 Å². The number of carbonyl (C=O) groups excluding carboxylic acids is 1. The van der Waals surface area contributed by atoms with Gasteiger partial charge >= 0.3 is 5.97 Å². The smallest absolute Gasteiger partial charge is 0.305 e. The Morgan fingerprint density at radius 3 is 2.00 bits per heavy atom. The molecular weight excluding hydrogens is 452 g/mol. The molecule has 0 aliphatic heterocycles. The van der Waals surface area contributed by atoms with Crippen molar-refractivity contribution in [1.29, 1.82) is 0 Å². The standard InChI is InChI=1S/C30H32N2O2S/c1-34-27(33)22-14-3-2-4-15-23-35-30-31-28(24-16-8-5-9-17-24)29(25-18-10-6-11-19-25)32(30)26-20-12-7-13-21-26/h5-13,16-21H,2-4,14-15,22-23H2,1H3. The van der Waals surface area contributed by atoms with Crippen LogP contribution < -0.4 is 0 Å². The molecule has 0 fully saturated rings. The average molecular weight is 485 g/mol. The molecule has 5 heteroatoms. The Hall–Kier alpha value is -3.31. The Balaban J connectivity index is 1.56. The van der Waals surface area contributed by atoms with Crippen LogP contribution in [0.4, 0.5) is 0 Å². The van der Waals surface area contributed by atoms with Gasteiger partial charge < -0.3 is 4.74 Å². The number of rotatable bonds is 12. The monoisotopic (exact) mass is 484 g/mol. The first-order chi connectivity index (χ1) is 17.3. The molecule has 35 heavy (non-hydrogen) atoms. The van der Waals surface area contributed by atoms with Crippen LogP contribution in [0.2, 0.25) is 0 Å². The van der Waals surface area contributed by atoms with E-state index in [0.717, 1.165) is 71.2 Å². The van der Waals surface area contributed by atoms with Crippen LogP contribution in [0.3, 0.4) is 0 Å². The number of unbranched alkanes of at least 4 members (excludes halogenated alkanes) is 4. The molecule has 4 aromatic rings. The number of benzene rings is 3. The molecule has 0 N–H and O–H groups in total. The van der Waals surface area contributed by atoms with Crippen LogP contribution in [0.5, 0.6) is 0 Å². The van der Waals surface area contributed by atoms with Gasteiger partial charge in [0.15, 0.2) is 5.16 Å². The number of ether oxygens (including phenoxy) is 1. The molecule has 0 radical (unpaired) electrons. The number of nitrogens with zero attached hydrogens (tertiary/aromatic N) is 2. The summed E-state index contributed by atoms with van der Waals surface area (Å²) in [5, 5.41) is 1.01. The second-order valence-electron chi connectivity index (χ2n) is 8.44. The van der Waals surface area contributed by atoms with Gasteiger partial charge in [0.25, 0.3) is 0 Å². The topological polar surface area (TPSA) is 44.1 Å². The van der Waals surface area contributed by atoms with Gasteiger partial charge in [-0.05, 0) is 25.0 Å². The molecule has 0 bridgehead atoms. The molecule has 1 aromatic heterocycles. The summed E-state index contributed by atoms with van der Waals surface area (Å²) in [7, 11) is 1.45. The Bertz CT molecular complexity index is 1190. The van der Waals surface area contributed by atoms with E-state index < -0.39 is 0 Å². The highest BCUT2D eigenvalue weighted by Crippen LogP contribution is 2.38. The van der Waals surface area contributed by atoms with Gasteiger partial charge in [0.05, 0.1) is 18.5 Å². The van der Waals surface area contributed by atoms with E-state index in [1.807, 2.05) is 23.9 Å². The van der Waals surface area contributed by atoms with Crippen molar-refractivity contribution in [3.63, 3.8) is 0 Å². The van der Waals surface area contributed by atoms with Crippen molar-refractivity contribution >= 4 is 17.7 Å². The van der Waals surface area contributed by atoms with Crippen LogP contribution >= 0.6 is 11.8 Å². The van der Waals surface area contributed by atoms with Gasteiger partial charge in [-0.2, -0.15) is 0 Å². The van der Waals surface area contributed by atoms with E-state index in [9.17, 15) is 4.79 Å². The van der Waals surface area contributed by atoms with Crippen molar-refractivity contribution in [2.75, 3.05) is 12.9 Å². The summed E-state index contributed by atoms with van der Waals surface area (Å²) in [6, 6.07) is 31.5. The minimum absolute atomic E-state index is 0.114. The molecule has 0 aliphatic rings. The van der Waals surface area contributed by atoms with Crippen molar-refractivity contribution in [1.82, 2.24) is 9.55 Å². The van der Waals surface area contributed by atoms with E-state index in [1.165, 1.54) is 7.11 Å². The van der Waals surface area contributed by atoms with Crippen molar-refractivity contribution in [3.8, 4) is 28.2 Å². The molecule has 1 heterocycles. The maximum atomic E-state index is 11.3. The summed E-state index contributed by atoms with van der Waals surface area (Å²) < 4.78 is 7.02. The molecule has 0 saturated heterocycles. The average Bonchev–Trinajstić information content (AvgIpc) is 3.31. The first-order valence-corrected chi connectivity index (χ1v) is 13.2. The molecular formula is C30H32N2O2S. The largest absolute Gasteiger partial charge is 0.469 e. The zero-order valence-electron chi connectivity index (χ0n) is 20.2. The van der Waals surface area contributed by atoms with Crippen molar-refractivity contribution in [2.24, 2.45) is 0 Å². The molecule has 180 valence electrons. The van der Waals surface area contributed by atoms with E-state index in [4.69, 9.17) is 9.72 Å². The molecule has 0 spiro atoms. The normalized spacial score (nSPS) is 10.9. The van der Waals surface area contributed by atoms with Gasteiger partial charge in [0.1, 0.15) is 0 Å². The maximum absolute atomic E-state index is 11.3. The number of methoxy groups -OCH3 is 1. The summed E-state index contributed by atoms with van der Waals surface area (Å²) in [5.41, 5.74) is 5.51. The summed E-state index contributed by atoms with van der Waals surface area (Å²) >= 11 is 1.82. The summed E-state index contributed by atoms with van der Waals surface area (Å²) in [6.45, 7) is 0. The first-order valence-electron chi connectivity index (χ1n) is 12.3. The van der Waals surface area contributed by atoms with Gasteiger partial charge in [-0.25, -0.2) is 4.98 Å². The van der Waals surface area contributed by atoms with Crippen molar-refractivity contribution < 1.29 is 9.53 Å². The van der Waals surface area contributed by atoms with Crippen LogP contribution in [-0.4, -0.2) is 28.4 Å². The maximum Gasteiger partial charge on any atom is 0.305 e. The quantitative estimate of drug-likeness (QED) is 0.117. The second-order valence-corrected chi connectivity index (χ2v) is 9.50. The number of carbonyl (C=O) groups is 1. The highest BCUT2D eigenvalue weighted by atomic mass is 32.2.